The van der Waals surface area contributed by atoms with Gasteiger partial charge in [0.1, 0.15) is 0 Å². The van der Waals surface area contributed by atoms with E-state index < -0.39 is 0 Å². The Labute approximate surface area is 104 Å². The fourth-order valence-electron chi connectivity index (χ4n) is 0.945. The van der Waals surface area contributed by atoms with Gasteiger partial charge in [-0.2, -0.15) is 0 Å². The topological polar surface area (TPSA) is 26.0 Å². The normalized spacial score (nSPS) is 11.7. The van der Waals surface area contributed by atoms with E-state index in [0.717, 1.165) is 0 Å². The summed E-state index contributed by atoms with van der Waals surface area (Å²) in [5.41, 5.74) is 6.40. The van der Waals surface area contributed by atoms with Gasteiger partial charge in [0.05, 0.1) is 10.0 Å². The average Bonchev–Trinajstić information content (AvgIpc) is 2.10. The molecule has 0 aliphatic rings. The van der Waals surface area contributed by atoms with E-state index in [1.54, 1.807) is 18.2 Å². The summed E-state index contributed by atoms with van der Waals surface area (Å²) < 4.78 is 0. The van der Waals surface area contributed by atoms with Gasteiger partial charge >= 0.3 is 0 Å². The first kappa shape index (κ1) is 14.1. The van der Waals surface area contributed by atoms with Crippen LogP contribution in [0, 0.1) is 0 Å². The lowest BCUT2D eigenvalue weighted by atomic mass is 10.1. The number of benzene rings is 1. The molecule has 0 saturated carbocycles. The lowest BCUT2D eigenvalue weighted by molar-refractivity contribution is 0.915. The quantitative estimate of drug-likeness (QED) is 0.632. The van der Waals surface area contributed by atoms with E-state index in [2.05, 4.69) is 6.58 Å². The Hall–Kier alpha value is 0.0800. The summed E-state index contributed by atoms with van der Waals surface area (Å²) >= 11 is 17.5. The van der Waals surface area contributed by atoms with E-state index in [4.69, 9.17) is 40.5 Å². The van der Waals surface area contributed by atoms with Gasteiger partial charge in [0.2, 0.25) is 0 Å². The third-order valence-electron chi connectivity index (χ3n) is 1.63. The highest BCUT2D eigenvalue weighted by Crippen LogP contribution is 2.32. The maximum absolute atomic E-state index is 5.92. The molecule has 1 atom stereocenters. The fourth-order valence-corrected chi connectivity index (χ4v) is 1.69. The molecular weight excluding hydrogens is 264 g/mol. The molecule has 0 unspecified atom stereocenters. The van der Waals surface area contributed by atoms with Crippen LogP contribution in [0.15, 0.2) is 24.8 Å². The molecule has 1 rings (SSSR count). The predicted molar refractivity (Wildman–Crippen MR) is 65.8 cm³/mol. The summed E-state index contributed by atoms with van der Waals surface area (Å²) in [4.78, 5) is 0. The van der Waals surface area contributed by atoms with Crippen molar-refractivity contribution in [3.8, 4) is 0 Å². The summed E-state index contributed by atoms with van der Waals surface area (Å²) in [6.45, 7) is 3.57. The Bertz CT molecular complexity index is 338. The van der Waals surface area contributed by atoms with E-state index in [1.807, 2.05) is 0 Å². The molecule has 0 bridgehead atoms. The molecular formula is C9H9Cl4N. The Morgan fingerprint density at radius 2 is 1.86 bits per heavy atom. The Balaban J connectivity index is 0.00000169. The Morgan fingerprint density at radius 3 is 2.36 bits per heavy atom. The Kier molecular flexibility index (Phi) is 5.87. The molecule has 0 spiro atoms. The zero-order chi connectivity index (χ0) is 10.0. The third-order valence-corrected chi connectivity index (χ3v) is 2.67. The molecule has 0 aliphatic heterocycles. The van der Waals surface area contributed by atoms with E-state index in [0.29, 0.717) is 20.6 Å². The van der Waals surface area contributed by atoms with Crippen LogP contribution in [0.25, 0.3) is 0 Å². The Morgan fingerprint density at radius 1 is 1.29 bits per heavy atom. The van der Waals surface area contributed by atoms with E-state index in [1.165, 1.54) is 0 Å². The molecule has 0 amide bonds. The van der Waals surface area contributed by atoms with Crippen LogP contribution in [-0.2, 0) is 0 Å². The number of nitrogens with two attached hydrogens (primary N) is 1. The molecule has 0 saturated heterocycles. The summed E-state index contributed by atoms with van der Waals surface area (Å²) in [6, 6.07) is 2.91. The summed E-state index contributed by atoms with van der Waals surface area (Å²) in [7, 11) is 0. The molecule has 0 aliphatic carbocycles. The van der Waals surface area contributed by atoms with Crippen LogP contribution >= 0.6 is 47.2 Å². The van der Waals surface area contributed by atoms with Crippen LogP contribution < -0.4 is 5.73 Å². The van der Waals surface area contributed by atoms with Crippen LogP contribution in [0.5, 0.6) is 0 Å². The number of hydrogen-bond acceptors (Lipinski definition) is 1. The highest BCUT2D eigenvalue weighted by atomic mass is 35.5. The molecule has 0 radical (unpaired) electrons. The SMILES string of the molecule is C=C[C@H](N)c1cc(Cl)cc(Cl)c1Cl.Cl. The second-order valence-electron chi connectivity index (χ2n) is 2.55. The van der Waals surface area contributed by atoms with Crippen molar-refractivity contribution in [2.75, 3.05) is 0 Å². The molecule has 78 valence electrons. The van der Waals surface area contributed by atoms with Crippen molar-refractivity contribution in [1.29, 1.82) is 0 Å². The molecule has 0 aromatic heterocycles. The maximum atomic E-state index is 5.92. The predicted octanol–water partition coefficient (Wildman–Crippen LogP) is 4.25. The maximum Gasteiger partial charge on any atom is 0.0644 e. The smallest absolute Gasteiger partial charge is 0.0644 e. The highest BCUT2D eigenvalue weighted by molar-refractivity contribution is 6.43. The van der Waals surface area contributed by atoms with Gasteiger partial charge in [-0.25, -0.2) is 0 Å². The first-order valence-corrected chi connectivity index (χ1v) is 4.72. The molecule has 1 nitrogen and oxygen atoms in total. The van der Waals surface area contributed by atoms with Gasteiger partial charge in [0, 0.05) is 11.1 Å². The van der Waals surface area contributed by atoms with Crippen molar-refractivity contribution in [3.63, 3.8) is 0 Å². The van der Waals surface area contributed by atoms with E-state index in [-0.39, 0.29) is 18.4 Å². The van der Waals surface area contributed by atoms with E-state index >= 15 is 0 Å². The lowest BCUT2D eigenvalue weighted by Crippen LogP contribution is -2.07. The van der Waals surface area contributed by atoms with Gasteiger partial charge in [-0.3, -0.25) is 0 Å². The molecule has 1 aromatic rings. The van der Waals surface area contributed by atoms with Crippen molar-refractivity contribution < 1.29 is 0 Å². The minimum absolute atomic E-state index is 0. The molecule has 0 heterocycles. The second kappa shape index (κ2) is 5.84. The largest absolute Gasteiger partial charge is 0.321 e. The second-order valence-corrected chi connectivity index (χ2v) is 3.77. The van der Waals surface area contributed by atoms with Crippen LogP contribution in [0.4, 0.5) is 0 Å². The van der Waals surface area contributed by atoms with Gasteiger partial charge < -0.3 is 5.73 Å². The van der Waals surface area contributed by atoms with Crippen LogP contribution in [0.2, 0.25) is 15.1 Å². The number of hydrogen-bond donors (Lipinski definition) is 1. The van der Waals surface area contributed by atoms with Gasteiger partial charge in [-0.1, -0.05) is 40.9 Å². The van der Waals surface area contributed by atoms with Crippen LogP contribution in [-0.4, -0.2) is 0 Å². The molecule has 5 heteroatoms. The minimum Gasteiger partial charge on any atom is -0.321 e. The minimum atomic E-state index is -0.344. The number of halogens is 4. The zero-order valence-corrected chi connectivity index (χ0v) is 10.2. The molecule has 1 aromatic carbocycles. The summed E-state index contributed by atoms with van der Waals surface area (Å²) in [5, 5.41) is 1.35. The van der Waals surface area contributed by atoms with Crippen LogP contribution in [0.3, 0.4) is 0 Å². The van der Waals surface area contributed by atoms with Gasteiger partial charge in [-0.05, 0) is 17.7 Å². The van der Waals surface area contributed by atoms with Crippen molar-refractivity contribution >= 4 is 47.2 Å². The van der Waals surface area contributed by atoms with Gasteiger partial charge in [-0.15, -0.1) is 19.0 Å². The van der Waals surface area contributed by atoms with Crippen LogP contribution in [0.1, 0.15) is 11.6 Å². The highest BCUT2D eigenvalue weighted by Gasteiger charge is 2.10. The van der Waals surface area contributed by atoms with Crippen molar-refractivity contribution in [2.45, 2.75) is 6.04 Å². The summed E-state index contributed by atoms with van der Waals surface area (Å²) in [6.07, 6.45) is 1.58. The van der Waals surface area contributed by atoms with Crippen molar-refractivity contribution in [1.82, 2.24) is 0 Å². The van der Waals surface area contributed by atoms with Crippen molar-refractivity contribution in [2.24, 2.45) is 5.73 Å². The fraction of sp³-hybridized carbons (Fsp3) is 0.111. The third kappa shape index (κ3) is 3.04. The van der Waals surface area contributed by atoms with E-state index in [9.17, 15) is 0 Å². The first-order valence-electron chi connectivity index (χ1n) is 3.59. The zero-order valence-electron chi connectivity index (χ0n) is 7.14. The number of rotatable bonds is 2. The molecule has 14 heavy (non-hydrogen) atoms. The van der Waals surface area contributed by atoms with Gasteiger partial charge in [0.25, 0.3) is 0 Å². The summed E-state index contributed by atoms with van der Waals surface area (Å²) in [5.74, 6) is 0. The molecule has 2 N–H and O–H groups in total. The van der Waals surface area contributed by atoms with Gasteiger partial charge in [0.15, 0.2) is 0 Å². The van der Waals surface area contributed by atoms with Crippen molar-refractivity contribution in [3.05, 3.63) is 45.4 Å². The average molecular weight is 273 g/mol. The first-order chi connectivity index (χ1) is 6.06. The monoisotopic (exact) mass is 271 g/mol. The standard InChI is InChI=1S/C9H8Cl3N.ClH/c1-2-8(13)6-3-5(10)4-7(11)9(6)12;/h2-4,8H,1,13H2;1H/t8-;/m0./s1. The lowest BCUT2D eigenvalue weighted by Gasteiger charge is -2.10. The molecule has 0 fully saturated rings.